The smallest absolute Gasteiger partial charge is 0.234 e. The highest BCUT2D eigenvalue weighted by Crippen LogP contribution is 2.17. The average molecular weight is 236 g/mol. The summed E-state index contributed by atoms with van der Waals surface area (Å²) in [6, 6.07) is 4.22. The summed E-state index contributed by atoms with van der Waals surface area (Å²) in [4.78, 5) is 11.7. The van der Waals surface area contributed by atoms with Crippen LogP contribution in [0.2, 0.25) is 0 Å². The number of hydrogen-bond acceptors (Lipinski definition) is 3. The number of rotatable bonds is 5. The van der Waals surface area contributed by atoms with Gasteiger partial charge >= 0.3 is 0 Å². The second-order valence-electron chi connectivity index (χ2n) is 4.67. The predicted octanol–water partition coefficient (Wildman–Crippen LogP) is 1.99. The molecule has 1 atom stereocenters. The molecule has 1 fully saturated rings. The van der Waals surface area contributed by atoms with Crippen LogP contribution in [0.5, 0.6) is 0 Å². The van der Waals surface area contributed by atoms with Crippen LogP contribution in [-0.4, -0.2) is 18.5 Å². The minimum atomic E-state index is 0.0688. The summed E-state index contributed by atoms with van der Waals surface area (Å²) in [5, 5.41) is 6.20. The third kappa shape index (κ3) is 3.60. The highest BCUT2D eigenvalue weighted by molar-refractivity contribution is 5.78. The molecule has 0 spiro atoms. The first-order valence-corrected chi connectivity index (χ1v) is 6.32. The molecule has 4 heteroatoms. The van der Waals surface area contributed by atoms with Gasteiger partial charge in [-0.1, -0.05) is 12.8 Å². The molecule has 2 N–H and O–H groups in total. The van der Waals surface area contributed by atoms with Crippen molar-refractivity contribution < 1.29 is 9.21 Å². The Labute approximate surface area is 102 Å². The van der Waals surface area contributed by atoms with Crippen molar-refractivity contribution in [2.75, 3.05) is 6.54 Å². The van der Waals surface area contributed by atoms with Crippen LogP contribution in [0.1, 0.15) is 44.4 Å². The lowest BCUT2D eigenvalue weighted by molar-refractivity contribution is -0.121. The van der Waals surface area contributed by atoms with Crippen LogP contribution in [0.15, 0.2) is 22.8 Å². The van der Waals surface area contributed by atoms with Gasteiger partial charge in [0.05, 0.1) is 18.8 Å². The molecular formula is C13H20N2O2. The molecule has 2 rings (SSSR count). The van der Waals surface area contributed by atoms with Gasteiger partial charge in [-0.3, -0.25) is 10.1 Å². The molecule has 0 radical (unpaired) electrons. The Morgan fingerprint density at radius 2 is 2.29 bits per heavy atom. The summed E-state index contributed by atoms with van der Waals surface area (Å²) < 4.78 is 5.27. The molecular weight excluding hydrogens is 216 g/mol. The van der Waals surface area contributed by atoms with Gasteiger partial charge in [0.1, 0.15) is 5.76 Å². The molecule has 0 bridgehead atoms. The number of furan rings is 1. The van der Waals surface area contributed by atoms with E-state index in [0.717, 1.165) is 18.6 Å². The SMILES string of the molecule is C[C@H](NCC(=O)NC1CCCC1)c1ccco1. The maximum atomic E-state index is 11.7. The largest absolute Gasteiger partial charge is 0.468 e. The van der Waals surface area contributed by atoms with E-state index in [1.165, 1.54) is 12.8 Å². The molecule has 4 nitrogen and oxygen atoms in total. The van der Waals surface area contributed by atoms with Gasteiger partial charge < -0.3 is 9.73 Å². The van der Waals surface area contributed by atoms with Crippen molar-refractivity contribution >= 4 is 5.91 Å². The quantitative estimate of drug-likeness (QED) is 0.822. The Morgan fingerprint density at radius 3 is 2.94 bits per heavy atom. The lowest BCUT2D eigenvalue weighted by Crippen LogP contribution is -2.39. The highest BCUT2D eigenvalue weighted by Gasteiger charge is 2.17. The van der Waals surface area contributed by atoms with E-state index in [4.69, 9.17) is 4.42 Å². The number of amides is 1. The minimum Gasteiger partial charge on any atom is -0.468 e. The summed E-state index contributed by atoms with van der Waals surface area (Å²) in [7, 11) is 0. The normalized spacial score (nSPS) is 18.2. The zero-order chi connectivity index (χ0) is 12.1. The summed E-state index contributed by atoms with van der Waals surface area (Å²) >= 11 is 0. The average Bonchev–Trinajstić information content (AvgIpc) is 2.97. The molecule has 0 aliphatic heterocycles. The number of carbonyl (C=O) groups excluding carboxylic acids is 1. The third-order valence-electron chi connectivity index (χ3n) is 3.26. The van der Waals surface area contributed by atoms with E-state index in [2.05, 4.69) is 10.6 Å². The first-order chi connectivity index (χ1) is 8.25. The van der Waals surface area contributed by atoms with Crippen LogP contribution in [0.4, 0.5) is 0 Å². The van der Waals surface area contributed by atoms with Gasteiger partial charge in [-0.25, -0.2) is 0 Å². The second-order valence-corrected chi connectivity index (χ2v) is 4.67. The number of carbonyl (C=O) groups is 1. The van der Waals surface area contributed by atoms with E-state index < -0.39 is 0 Å². The van der Waals surface area contributed by atoms with Crippen molar-refractivity contribution in [3.8, 4) is 0 Å². The zero-order valence-electron chi connectivity index (χ0n) is 10.2. The zero-order valence-corrected chi connectivity index (χ0v) is 10.2. The van der Waals surface area contributed by atoms with Gasteiger partial charge in [0.25, 0.3) is 0 Å². The van der Waals surface area contributed by atoms with Crippen molar-refractivity contribution in [3.05, 3.63) is 24.2 Å². The number of nitrogens with one attached hydrogen (secondary N) is 2. The van der Waals surface area contributed by atoms with Gasteiger partial charge in [-0.2, -0.15) is 0 Å². The predicted molar refractivity (Wildman–Crippen MR) is 65.5 cm³/mol. The van der Waals surface area contributed by atoms with E-state index in [1.54, 1.807) is 6.26 Å². The van der Waals surface area contributed by atoms with E-state index in [9.17, 15) is 4.79 Å². The van der Waals surface area contributed by atoms with Crippen molar-refractivity contribution in [2.24, 2.45) is 0 Å². The van der Waals surface area contributed by atoms with Crippen LogP contribution in [-0.2, 0) is 4.79 Å². The van der Waals surface area contributed by atoms with Gasteiger partial charge in [-0.15, -0.1) is 0 Å². The first-order valence-electron chi connectivity index (χ1n) is 6.32. The second kappa shape index (κ2) is 5.87. The summed E-state index contributed by atoms with van der Waals surface area (Å²) in [5.41, 5.74) is 0. The van der Waals surface area contributed by atoms with Crippen LogP contribution >= 0.6 is 0 Å². The lowest BCUT2D eigenvalue weighted by atomic mass is 10.2. The van der Waals surface area contributed by atoms with Crippen LogP contribution in [0.25, 0.3) is 0 Å². The third-order valence-corrected chi connectivity index (χ3v) is 3.26. The fourth-order valence-corrected chi connectivity index (χ4v) is 2.23. The molecule has 0 unspecified atom stereocenters. The maximum Gasteiger partial charge on any atom is 0.234 e. The molecule has 17 heavy (non-hydrogen) atoms. The topological polar surface area (TPSA) is 54.3 Å². The van der Waals surface area contributed by atoms with Crippen LogP contribution in [0.3, 0.4) is 0 Å². The molecule has 94 valence electrons. The monoisotopic (exact) mass is 236 g/mol. The fraction of sp³-hybridized carbons (Fsp3) is 0.615. The molecule has 0 aromatic carbocycles. The molecule has 1 amide bonds. The molecule has 0 saturated heterocycles. The minimum absolute atomic E-state index is 0.0688. The van der Waals surface area contributed by atoms with Crippen LogP contribution in [0, 0.1) is 0 Å². The standard InChI is InChI=1S/C13H20N2O2/c1-10(12-7-4-8-17-12)14-9-13(16)15-11-5-2-3-6-11/h4,7-8,10-11,14H,2-3,5-6,9H2,1H3,(H,15,16)/t10-/m0/s1. The number of hydrogen-bond donors (Lipinski definition) is 2. The van der Waals surface area contributed by atoms with Crippen molar-refractivity contribution in [2.45, 2.75) is 44.7 Å². The molecule has 1 aliphatic rings. The van der Waals surface area contributed by atoms with E-state index in [0.29, 0.717) is 12.6 Å². The van der Waals surface area contributed by atoms with Gasteiger partial charge in [0, 0.05) is 6.04 Å². The van der Waals surface area contributed by atoms with Gasteiger partial charge in [0.15, 0.2) is 0 Å². The molecule has 1 aliphatic carbocycles. The van der Waals surface area contributed by atoms with Crippen LogP contribution < -0.4 is 10.6 Å². The summed E-state index contributed by atoms with van der Waals surface area (Å²) in [5.74, 6) is 0.939. The van der Waals surface area contributed by atoms with Crippen molar-refractivity contribution in [3.63, 3.8) is 0 Å². The van der Waals surface area contributed by atoms with E-state index in [1.807, 2.05) is 19.1 Å². The first kappa shape index (κ1) is 12.2. The van der Waals surface area contributed by atoms with Crippen molar-refractivity contribution in [1.29, 1.82) is 0 Å². The Morgan fingerprint density at radius 1 is 1.53 bits per heavy atom. The molecule has 1 aromatic heterocycles. The van der Waals surface area contributed by atoms with Crippen molar-refractivity contribution in [1.82, 2.24) is 10.6 Å². The molecule has 1 saturated carbocycles. The van der Waals surface area contributed by atoms with E-state index in [-0.39, 0.29) is 11.9 Å². The molecule has 1 aromatic rings. The van der Waals surface area contributed by atoms with Gasteiger partial charge in [-0.05, 0) is 31.9 Å². The maximum absolute atomic E-state index is 11.7. The Kier molecular flexibility index (Phi) is 4.20. The van der Waals surface area contributed by atoms with E-state index >= 15 is 0 Å². The summed E-state index contributed by atoms with van der Waals surface area (Å²) in [6.45, 7) is 2.33. The Bertz CT molecular complexity index is 342. The lowest BCUT2D eigenvalue weighted by Gasteiger charge is -2.14. The fourth-order valence-electron chi connectivity index (χ4n) is 2.23. The highest BCUT2D eigenvalue weighted by atomic mass is 16.3. The van der Waals surface area contributed by atoms with Gasteiger partial charge in [0.2, 0.25) is 5.91 Å². The molecule has 1 heterocycles. The Hall–Kier alpha value is -1.29. The summed E-state index contributed by atoms with van der Waals surface area (Å²) in [6.07, 6.45) is 6.37. The Balaban J connectivity index is 1.68.